The number of rotatable bonds is 10. The molecule has 2 aliphatic rings. The van der Waals surface area contributed by atoms with E-state index < -0.39 is 16.1 Å². The van der Waals surface area contributed by atoms with Crippen LogP contribution in [-0.4, -0.2) is 81.8 Å². The molecule has 4 atom stereocenters. The Labute approximate surface area is 241 Å². The van der Waals surface area contributed by atoms with Crippen LogP contribution in [0.4, 0.5) is 0 Å². The van der Waals surface area contributed by atoms with Crippen LogP contribution in [0.25, 0.3) is 10.9 Å². The predicted molar refractivity (Wildman–Crippen MR) is 158 cm³/mol. The maximum atomic E-state index is 13.4. The lowest BCUT2D eigenvalue weighted by molar-refractivity contribution is 0.0425. The van der Waals surface area contributed by atoms with Crippen LogP contribution in [-0.2, 0) is 16.6 Å². The van der Waals surface area contributed by atoms with Crippen molar-refractivity contribution in [1.29, 1.82) is 0 Å². The fourth-order valence-electron chi connectivity index (χ4n) is 6.46. The molecule has 41 heavy (non-hydrogen) atoms. The van der Waals surface area contributed by atoms with Crippen molar-refractivity contribution in [3.63, 3.8) is 0 Å². The predicted octanol–water partition coefficient (Wildman–Crippen LogP) is 2.53. The van der Waals surface area contributed by atoms with E-state index in [0.29, 0.717) is 19.4 Å². The fourth-order valence-corrected chi connectivity index (χ4v) is 7.29. The van der Waals surface area contributed by atoms with Crippen molar-refractivity contribution in [3.8, 4) is 0 Å². The van der Waals surface area contributed by atoms with E-state index in [1.54, 1.807) is 29.1 Å². The van der Waals surface area contributed by atoms with Crippen molar-refractivity contribution in [1.82, 2.24) is 24.1 Å². The number of carbonyl (C=O) groups excluding carboxylic acids is 1. The summed E-state index contributed by atoms with van der Waals surface area (Å²) in [5, 5.41) is 14.9. The largest absolute Gasteiger partial charge is 0.390 e. The average Bonchev–Trinajstić information content (AvgIpc) is 3.14. The van der Waals surface area contributed by atoms with Crippen molar-refractivity contribution in [3.05, 3.63) is 76.3 Å². The Kier molecular flexibility index (Phi) is 8.60. The quantitative estimate of drug-likeness (QED) is 0.377. The first-order valence-electron chi connectivity index (χ1n) is 14.2. The number of hydrogen-bond donors (Lipinski definition) is 2. The SMILES string of the molecule is CC(C)n1c(=O)c(C(=O)NC2C[C@H]3CC[C@@H](C2)N3CC(O)CN(Cc2cccnc2)S(C)(=O)=O)cc2ccccc21. The number of carbonyl (C=O) groups is 1. The number of aliphatic hydroxyl groups excluding tert-OH is 1. The normalized spacial score (nSPS) is 22.0. The number of benzene rings is 1. The Morgan fingerprint density at radius 3 is 2.49 bits per heavy atom. The van der Waals surface area contributed by atoms with Crippen LogP contribution < -0.4 is 10.9 Å². The molecule has 2 bridgehead atoms. The molecule has 10 nitrogen and oxygen atoms in total. The molecule has 0 aliphatic carbocycles. The molecule has 0 radical (unpaired) electrons. The number of amides is 1. The molecule has 2 fully saturated rings. The molecule has 220 valence electrons. The molecule has 5 rings (SSSR count). The average molecular weight is 582 g/mol. The van der Waals surface area contributed by atoms with Gasteiger partial charge in [0.15, 0.2) is 0 Å². The zero-order chi connectivity index (χ0) is 29.3. The lowest BCUT2D eigenvalue weighted by Gasteiger charge is -2.40. The number of sulfonamides is 1. The van der Waals surface area contributed by atoms with Gasteiger partial charge in [0.1, 0.15) is 5.56 Å². The summed E-state index contributed by atoms with van der Waals surface area (Å²) in [6, 6.07) is 13.0. The monoisotopic (exact) mass is 581 g/mol. The lowest BCUT2D eigenvalue weighted by atomic mass is 9.96. The maximum absolute atomic E-state index is 13.4. The number of aliphatic hydroxyl groups is 1. The van der Waals surface area contributed by atoms with E-state index >= 15 is 0 Å². The van der Waals surface area contributed by atoms with Crippen molar-refractivity contribution in [2.45, 2.75) is 76.3 Å². The van der Waals surface area contributed by atoms with E-state index in [9.17, 15) is 23.1 Å². The lowest BCUT2D eigenvalue weighted by Crippen LogP contribution is -2.53. The minimum Gasteiger partial charge on any atom is -0.390 e. The first kappa shape index (κ1) is 29.4. The van der Waals surface area contributed by atoms with Gasteiger partial charge in [-0.2, -0.15) is 4.31 Å². The summed E-state index contributed by atoms with van der Waals surface area (Å²) < 4.78 is 27.8. The Balaban J connectivity index is 1.23. The highest BCUT2D eigenvalue weighted by Gasteiger charge is 2.42. The zero-order valence-corrected chi connectivity index (χ0v) is 24.6. The Morgan fingerprint density at radius 1 is 1.15 bits per heavy atom. The summed E-state index contributed by atoms with van der Waals surface area (Å²) in [5.41, 5.74) is 1.43. The van der Waals surface area contributed by atoms with Crippen LogP contribution in [0.3, 0.4) is 0 Å². The number of aromatic nitrogens is 2. The van der Waals surface area contributed by atoms with E-state index in [2.05, 4.69) is 15.2 Å². The molecule has 2 aliphatic heterocycles. The van der Waals surface area contributed by atoms with Gasteiger partial charge in [-0.3, -0.25) is 19.5 Å². The molecule has 1 amide bonds. The molecule has 1 aromatic carbocycles. The van der Waals surface area contributed by atoms with Crippen LogP contribution in [0.5, 0.6) is 0 Å². The van der Waals surface area contributed by atoms with Crippen LogP contribution in [0.1, 0.15) is 61.5 Å². The van der Waals surface area contributed by atoms with Gasteiger partial charge in [0.05, 0.1) is 17.9 Å². The second-order valence-corrected chi connectivity index (χ2v) is 13.7. The summed E-state index contributed by atoms with van der Waals surface area (Å²) in [4.78, 5) is 33.0. The van der Waals surface area contributed by atoms with Gasteiger partial charge >= 0.3 is 0 Å². The van der Waals surface area contributed by atoms with E-state index in [0.717, 1.165) is 35.6 Å². The van der Waals surface area contributed by atoms with Gasteiger partial charge in [-0.05, 0) is 68.7 Å². The van der Waals surface area contributed by atoms with Gasteiger partial charge in [0.2, 0.25) is 10.0 Å². The number of para-hydroxylation sites is 1. The second-order valence-electron chi connectivity index (χ2n) is 11.7. The number of fused-ring (bicyclic) bond motifs is 3. The maximum Gasteiger partial charge on any atom is 0.264 e. The Hall–Kier alpha value is -3.12. The standard InChI is InChI=1S/C30H39N5O5S/c1-20(2)35-28-9-5-4-8-22(28)13-27(30(35)38)29(37)32-23-14-24-10-11-25(15-23)34(24)19-26(36)18-33(41(3,39)40)17-21-7-6-12-31-16-21/h4-9,12-13,16,20,23-26,36H,10-11,14-15,17-19H2,1-3H3,(H,32,37)/t23?,24-,25+,26?. The highest BCUT2D eigenvalue weighted by Crippen LogP contribution is 2.36. The van der Waals surface area contributed by atoms with Gasteiger partial charge in [-0.1, -0.05) is 24.3 Å². The van der Waals surface area contributed by atoms with Crippen LogP contribution >= 0.6 is 0 Å². The number of nitrogens with zero attached hydrogens (tertiary/aromatic N) is 4. The van der Waals surface area contributed by atoms with Crippen LogP contribution in [0.15, 0.2) is 59.7 Å². The molecule has 0 saturated carbocycles. The van der Waals surface area contributed by atoms with Gasteiger partial charge in [0.25, 0.3) is 11.5 Å². The van der Waals surface area contributed by atoms with Crippen LogP contribution in [0.2, 0.25) is 0 Å². The topological polar surface area (TPSA) is 125 Å². The number of hydrogen-bond acceptors (Lipinski definition) is 7. The molecule has 0 spiro atoms. The van der Waals surface area contributed by atoms with Gasteiger partial charge < -0.3 is 15.0 Å². The van der Waals surface area contributed by atoms with Crippen molar-refractivity contribution < 1.29 is 18.3 Å². The van der Waals surface area contributed by atoms with E-state index in [1.165, 1.54) is 4.31 Å². The van der Waals surface area contributed by atoms with Gasteiger partial charge in [0, 0.05) is 56.2 Å². The second kappa shape index (κ2) is 12.0. The first-order chi connectivity index (χ1) is 19.5. The molecule has 3 aromatic rings. The van der Waals surface area contributed by atoms with Crippen molar-refractivity contribution in [2.24, 2.45) is 0 Å². The number of piperidine rings is 1. The third-order valence-electron chi connectivity index (χ3n) is 8.31. The van der Waals surface area contributed by atoms with E-state index in [-0.39, 0.29) is 54.3 Å². The Morgan fingerprint density at radius 2 is 1.85 bits per heavy atom. The summed E-state index contributed by atoms with van der Waals surface area (Å²) in [5.74, 6) is -0.354. The Bertz CT molecular complexity index is 1540. The summed E-state index contributed by atoms with van der Waals surface area (Å²) in [7, 11) is -3.53. The third kappa shape index (κ3) is 6.53. The summed E-state index contributed by atoms with van der Waals surface area (Å²) in [6.07, 6.45) is 6.88. The van der Waals surface area contributed by atoms with Crippen molar-refractivity contribution in [2.75, 3.05) is 19.3 Å². The molecule has 2 saturated heterocycles. The van der Waals surface area contributed by atoms with E-state index in [4.69, 9.17) is 0 Å². The smallest absolute Gasteiger partial charge is 0.264 e. The zero-order valence-electron chi connectivity index (χ0n) is 23.8. The minimum absolute atomic E-state index is 0.00603. The molecule has 2 aromatic heterocycles. The molecule has 11 heteroatoms. The fraction of sp³-hybridized carbons (Fsp3) is 0.500. The minimum atomic E-state index is -3.53. The highest BCUT2D eigenvalue weighted by atomic mass is 32.2. The first-order valence-corrected chi connectivity index (χ1v) is 16.1. The summed E-state index contributed by atoms with van der Waals surface area (Å²) >= 11 is 0. The van der Waals surface area contributed by atoms with Crippen molar-refractivity contribution >= 4 is 26.8 Å². The molecule has 2 N–H and O–H groups in total. The van der Waals surface area contributed by atoms with Crippen LogP contribution in [0, 0.1) is 0 Å². The van der Waals surface area contributed by atoms with E-state index in [1.807, 2.05) is 44.2 Å². The third-order valence-corrected chi connectivity index (χ3v) is 9.53. The summed E-state index contributed by atoms with van der Waals surface area (Å²) in [6.45, 7) is 4.38. The highest BCUT2D eigenvalue weighted by molar-refractivity contribution is 7.88. The molecular weight excluding hydrogens is 542 g/mol. The molecule has 2 unspecified atom stereocenters. The molecule has 4 heterocycles. The van der Waals surface area contributed by atoms with Gasteiger partial charge in [-0.15, -0.1) is 0 Å². The van der Waals surface area contributed by atoms with Gasteiger partial charge in [-0.25, -0.2) is 8.42 Å². The number of pyridine rings is 2. The molecular formula is C30H39N5O5S. The number of nitrogens with one attached hydrogen (secondary N) is 1.